The summed E-state index contributed by atoms with van der Waals surface area (Å²) in [5.41, 5.74) is 6.42. The van der Waals surface area contributed by atoms with Crippen molar-refractivity contribution in [3.05, 3.63) is 40.9 Å². The first-order valence-electron chi connectivity index (χ1n) is 6.02. The predicted molar refractivity (Wildman–Crippen MR) is 82.7 cm³/mol. The van der Waals surface area contributed by atoms with Crippen molar-refractivity contribution in [3.63, 3.8) is 0 Å². The van der Waals surface area contributed by atoms with Crippen LogP contribution in [0.15, 0.2) is 50.8 Å². The fourth-order valence-corrected chi connectivity index (χ4v) is 2.47. The smallest absolute Gasteiger partial charge is 0.238 e. The molecule has 19 heavy (non-hydrogen) atoms. The maximum absolute atomic E-state index is 5.84. The minimum atomic E-state index is 0.518. The van der Waals surface area contributed by atoms with Gasteiger partial charge in [-0.15, -0.1) is 0 Å². The van der Waals surface area contributed by atoms with Gasteiger partial charge in [0.2, 0.25) is 5.88 Å². The quantitative estimate of drug-likeness (QED) is 0.879. The molecule has 0 saturated carbocycles. The van der Waals surface area contributed by atoms with E-state index in [9.17, 15) is 0 Å². The van der Waals surface area contributed by atoms with Crippen LogP contribution in [0.5, 0.6) is 5.88 Å². The maximum atomic E-state index is 5.84. The highest BCUT2D eigenvalue weighted by atomic mass is 79.9. The van der Waals surface area contributed by atoms with Crippen molar-refractivity contribution in [1.29, 1.82) is 0 Å². The Kier molecular flexibility index (Phi) is 5.10. The monoisotopic (exact) mass is 338 g/mol. The number of hydrogen-bond donors (Lipinski definition) is 1. The van der Waals surface area contributed by atoms with E-state index in [0.717, 1.165) is 20.8 Å². The zero-order valence-electron chi connectivity index (χ0n) is 10.6. The number of hydrogen-bond acceptors (Lipinski definition) is 4. The Labute approximate surface area is 125 Å². The standard InChI is InChI=1S/C14H15BrN2OS/c1-2-9-18-14-12(16)7-8-13(17-14)19-11-5-3-10(15)4-6-11/h3-8H,2,9,16H2,1H3. The van der Waals surface area contributed by atoms with Crippen LogP contribution in [0.25, 0.3) is 0 Å². The highest BCUT2D eigenvalue weighted by molar-refractivity contribution is 9.10. The largest absolute Gasteiger partial charge is 0.476 e. The summed E-state index contributed by atoms with van der Waals surface area (Å²) in [5, 5.41) is 0.877. The number of anilines is 1. The number of nitrogen functional groups attached to an aromatic ring is 1. The first kappa shape index (κ1) is 14.2. The van der Waals surface area contributed by atoms with Gasteiger partial charge in [-0.3, -0.25) is 0 Å². The number of benzene rings is 1. The molecule has 2 N–H and O–H groups in total. The summed E-state index contributed by atoms with van der Waals surface area (Å²) in [7, 11) is 0. The van der Waals surface area contributed by atoms with Crippen molar-refractivity contribution < 1.29 is 4.74 Å². The molecule has 0 radical (unpaired) electrons. The number of aromatic nitrogens is 1. The lowest BCUT2D eigenvalue weighted by Gasteiger charge is -2.08. The van der Waals surface area contributed by atoms with Gasteiger partial charge >= 0.3 is 0 Å². The third-order valence-corrected chi connectivity index (χ3v) is 3.82. The molecule has 0 atom stereocenters. The van der Waals surface area contributed by atoms with Crippen molar-refractivity contribution in [2.45, 2.75) is 23.3 Å². The van der Waals surface area contributed by atoms with E-state index in [4.69, 9.17) is 10.5 Å². The minimum Gasteiger partial charge on any atom is -0.476 e. The second kappa shape index (κ2) is 6.82. The van der Waals surface area contributed by atoms with Gasteiger partial charge in [-0.2, -0.15) is 0 Å². The lowest BCUT2D eigenvalue weighted by molar-refractivity contribution is 0.305. The van der Waals surface area contributed by atoms with Crippen LogP contribution in [0.2, 0.25) is 0 Å². The summed E-state index contributed by atoms with van der Waals surface area (Å²) in [6, 6.07) is 11.8. The number of nitrogens with two attached hydrogens (primary N) is 1. The molecule has 0 aliphatic rings. The molecule has 3 nitrogen and oxygen atoms in total. The van der Waals surface area contributed by atoms with E-state index >= 15 is 0 Å². The molecule has 1 heterocycles. The van der Waals surface area contributed by atoms with Gasteiger partial charge in [0, 0.05) is 9.37 Å². The van der Waals surface area contributed by atoms with E-state index in [1.807, 2.05) is 36.4 Å². The molecule has 1 aromatic carbocycles. The fraction of sp³-hybridized carbons (Fsp3) is 0.214. The Morgan fingerprint density at radius 1 is 1.21 bits per heavy atom. The van der Waals surface area contributed by atoms with Gasteiger partial charge in [0.1, 0.15) is 5.03 Å². The van der Waals surface area contributed by atoms with Gasteiger partial charge in [-0.1, -0.05) is 34.6 Å². The molecule has 1 aromatic heterocycles. The fourth-order valence-electron chi connectivity index (χ4n) is 1.43. The first-order chi connectivity index (χ1) is 9.19. The molecule has 2 rings (SSSR count). The molecule has 5 heteroatoms. The van der Waals surface area contributed by atoms with Gasteiger partial charge in [-0.05, 0) is 42.8 Å². The van der Waals surface area contributed by atoms with E-state index < -0.39 is 0 Å². The number of pyridine rings is 1. The molecule has 0 fully saturated rings. The molecule has 0 unspecified atom stereocenters. The van der Waals surface area contributed by atoms with Gasteiger partial charge < -0.3 is 10.5 Å². The van der Waals surface area contributed by atoms with E-state index in [-0.39, 0.29) is 0 Å². The number of rotatable bonds is 5. The van der Waals surface area contributed by atoms with Crippen LogP contribution in [0.4, 0.5) is 5.69 Å². The second-order valence-electron chi connectivity index (χ2n) is 3.95. The Morgan fingerprint density at radius 3 is 2.63 bits per heavy atom. The van der Waals surface area contributed by atoms with E-state index in [0.29, 0.717) is 18.2 Å². The van der Waals surface area contributed by atoms with Crippen molar-refractivity contribution >= 4 is 33.4 Å². The number of nitrogens with zero attached hydrogens (tertiary/aromatic N) is 1. The highest BCUT2D eigenvalue weighted by Gasteiger charge is 2.05. The van der Waals surface area contributed by atoms with Crippen LogP contribution < -0.4 is 10.5 Å². The Balaban J connectivity index is 2.14. The van der Waals surface area contributed by atoms with Crippen molar-refractivity contribution in [1.82, 2.24) is 4.98 Å². The predicted octanol–water partition coefficient (Wildman–Crippen LogP) is 4.37. The zero-order chi connectivity index (χ0) is 13.7. The third-order valence-electron chi connectivity index (χ3n) is 2.34. The Hall–Kier alpha value is -1.20. The Morgan fingerprint density at radius 2 is 1.95 bits per heavy atom. The summed E-state index contributed by atoms with van der Waals surface area (Å²) in [5.74, 6) is 0.518. The molecule has 0 saturated heterocycles. The van der Waals surface area contributed by atoms with Crippen LogP contribution in [-0.4, -0.2) is 11.6 Å². The van der Waals surface area contributed by atoms with E-state index in [1.165, 1.54) is 0 Å². The summed E-state index contributed by atoms with van der Waals surface area (Å²) in [4.78, 5) is 5.56. The molecular formula is C14H15BrN2OS. The Bertz CT molecular complexity index is 546. The molecule has 0 aliphatic carbocycles. The lowest BCUT2D eigenvalue weighted by Crippen LogP contribution is -2.01. The highest BCUT2D eigenvalue weighted by Crippen LogP contribution is 2.30. The zero-order valence-corrected chi connectivity index (χ0v) is 13.0. The molecule has 100 valence electrons. The second-order valence-corrected chi connectivity index (χ2v) is 5.96. The number of ether oxygens (including phenoxy) is 1. The molecule has 0 spiro atoms. The molecule has 0 aliphatic heterocycles. The topological polar surface area (TPSA) is 48.1 Å². The maximum Gasteiger partial charge on any atom is 0.238 e. The molecule has 0 bridgehead atoms. The molecule has 0 amide bonds. The first-order valence-corrected chi connectivity index (χ1v) is 7.62. The van der Waals surface area contributed by atoms with E-state index in [2.05, 4.69) is 27.8 Å². The van der Waals surface area contributed by atoms with Crippen LogP contribution in [0.1, 0.15) is 13.3 Å². The van der Waals surface area contributed by atoms with E-state index in [1.54, 1.807) is 11.8 Å². The summed E-state index contributed by atoms with van der Waals surface area (Å²) >= 11 is 5.00. The summed E-state index contributed by atoms with van der Waals surface area (Å²) < 4.78 is 6.59. The van der Waals surface area contributed by atoms with Gasteiger partial charge in [-0.25, -0.2) is 4.98 Å². The molecular weight excluding hydrogens is 324 g/mol. The van der Waals surface area contributed by atoms with Crippen molar-refractivity contribution in [2.24, 2.45) is 0 Å². The number of halogens is 1. The van der Waals surface area contributed by atoms with Crippen LogP contribution in [-0.2, 0) is 0 Å². The minimum absolute atomic E-state index is 0.518. The van der Waals surface area contributed by atoms with Crippen LogP contribution in [0, 0.1) is 0 Å². The van der Waals surface area contributed by atoms with Gasteiger partial charge in [0.05, 0.1) is 12.3 Å². The molecule has 2 aromatic rings. The average molecular weight is 339 g/mol. The normalized spacial score (nSPS) is 10.4. The average Bonchev–Trinajstić information content (AvgIpc) is 2.42. The van der Waals surface area contributed by atoms with Crippen molar-refractivity contribution in [3.8, 4) is 5.88 Å². The van der Waals surface area contributed by atoms with Crippen LogP contribution >= 0.6 is 27.7 Å². The van der Waals surface area contributed by atoms with Crippen molar-refractivity contribution in [2.75, 3.05) is 12.3 Å². The van der Waals surface area contributed by atoms with Gasteiger partial charge in [0.25, 0.3) is 0 Å². The van der Waals surface area contributed by atoms with Gasteiger partial charge in [0.15, 0.2) is 0 Å². The summed E-state index contributed by atoms with van der Waals surface area (Å²) in [6.45, 7) is 2.68. The van der Waals surface area contributed by atoms with Crippen LogP contribution in [0.3, 0.4) is 0 Å². The summed E-state index contributed by atoms with van der Waals surface area (Å²) in [6.07, 6.45) is 0.936. The SMILES string of the molecule is CCCOc1nc(Sc2ccc(Br)cc2)ccc1N. The lowest BCUT2D eigenvalue weighted by atomic mass is 10.4. The third kappa shape index (κ3) is 4.14.